The lowest BCUT2D eigenvalue weighted by molar-refractivity contribution is -0.136. The van der Waals surface area contributed by atoms with Crippen molar-refractivity contribution in [2.24, 2.45) is 0 Å². The smallest absolute Gasteiger partial charge is 0.317 e. The number of aliphatic carboxylic acids is 1. The van der Waals surface area contributed by atoms with Gasteiger partial charge in [0, 0.05) is 26.2 Å². The van der Waals surface area contributed by atoms with Crippen LogP contribution in [-0.4, -0.2) is 54.9 Å². The predicted octanol–water partition coefficient (Wildman–Crippen LogP) is 0.529. The Kier molecular flexibility index (Phi) is 8.24. The van der Waals surface area contributed by atoms with E-state index in [-0.39, 0.29) is 19.0 Å². The number of nitrogens with zero attached hydrogens (tertiary/aromatic N) is 1. The minimum Gasteiger partial charge on any atom is -0.481 e. The topological polar surface area (TPSA) is 78.9 Å². The summed E-state index contributed by atoms with van der Waals surface area (Å²) in [5.74, 6) is -0.919. The number of hydrogen-bond donors (Lipinski definition) is 2. The molecule has 0 fully saturated rings. The highest BCUT2D eigenvalue weighted by Crippen LogP contribution is 1.90. The fourth-order valence-electron chi connectivity index (χ4n) is 1.11. The molecule has 0 heterocycles. The van der Waals surface area contributed by atoms with Crippen molar-refractivity contribution in [3.63, 3.8) is 0 Å². The number of likely N-dealkylation sites (N-methyl/N-ethyl adjacent to an activating group) is 1. The number of nitrogens with one attached hydrogen (secondary N) is 1. The number of carboxylic acids is 1. The highest BCUT2D eigenvalue weighted by molar-refractivity contribution is 5.75. The van der Waals surface area contributed by atoms with Gasteiger partial charge in [-0.3, -0.25) is 4.79 Å². The van der Waals surface area contributed by atoms with E-state index in [4.69, 9.17) is 9.84 Å². The van der Waals surface area contributed by atoms with E-state index in [1.165, 1.54) is 0 Å². The van der Waals surface area contributed by atoms with Crippen LogP contribution >= 0.6 is 0 Å². The van der Waals surface area contributed by atoms with Crippen molar-refractivity contribution in [2.75, 3.05) is 32.8 Å². The molecule has 0 unspecified atom stereocenters. The number of carboxylic acid groups (broad SMARTS) is 1. The molecule has 0 atom stereocenters. The minimum atomic E-state index is -0.919. The number of carbonyl (C=O) groups is 2. The standard InChI is InChI=1S/C10H20N2O4/c1-3-12(7-8-16-4-2)10(15)11-6-5-9(13)14/h3-8H2,1-2H3,(H,11,15)(H,13,14). The molecule has 0 radical (unpaired) electrons. The molecule has 0 rings (SSSR count). The summed E-state index contributed by atoms with van der Waals surface area (Å²) in [6, 6.07) is -0.247. The van der Waals surface area contributed by atoms with E-state index in [1.807, 2.05) is 13.8 Å². The molecule has 2 amide bonds. The Balaban J connectivity index is 3.77. The lowest BCUT2D eigenvalue weighted by atomic mass is 10.4. The van der Waals surface area contributed by atoms with Crippen LogP contribution in [0.4, 0.5) is 4.79 Å². The van der Waals surface area contributed by atoms with Gasteiger partial charge in [0.05, 0.1) is 13.0 Å². The minimum absolute atomic E-state index is 0.0608. The molecule has 0 spiro atoms. The van der Waals surface area contributed by atoms with Crippen LogP contribution in [0, 0.1) is 0 Å². The van der Waals surface area contributed by atoms with Gasteiger partial charge in [-0.2, -0.15) is 0 Å². The number of rotatable bonds is 8. The first kappa shape index (κ1) is 14.7. The Bertz CT molecular complexity index is 221. The van der Waals surface area contributed by atoms with Gasteiger partial charge in [0.15, 0.2) is 0 Å². The lowest BCUT2D eigenvalue weighted by Crippen LogP contribution is -2.42. The first-order valence-electron chi connectivity index (χ1n) is 5.44. The van der Waals surface area contributed by atoms with Gasteiger partial charge in [0.1, 0.15) is 0 Å². The van der Waals surface area contributed by atoms with Gasteiger partial charge < -0.3 is 20.1 Å². The Morgan fingerprint density at radius 2 is 2.06 bits per heavy atom. The maximum absolute atomic E-state index is 11.5. The fraction of sp³-hybridized carbons (Fsp3) is 0.800. The number of carbonyl (C=O) groups excluding carboxylic acids is 1. The van der Waals surface area contributed by atoms with Gasteiger partial charge >= 0.3 is 12.0 Å². The average molecular weight is 232 g/mol. The van der Waals surface area contributed by atoms with Crippen LogP contribution in [0.2, 0.25) is 0 Å². The first-order chi connectivity index (χ1) is 7.61. The molecule has 16 heavy (non-hydrogen) atoms. The summed E-state index contributed by atoms with van der Waals surface area (Å²) in [7, 11) is 0. The van der Waals surface area contributed by atoms with Gasteiger partial charge in [-0.25, -0.2) is 4.79 Å². The third kappa shape index (κ3) is 7.05. The SMILES string of the molecule is CCOCCN(CC)C(=O)NCCC(=O)O. The largest absolute Gasteiger partial charge is 0.481 e. The van der Waals surface area contributed by atoms with Gasteiger partial charge in [-0.05, 0) is 13.8 Å². The Hall–Kier alpha value is -1.30. The molecule has 0 saturated carbocycles. The monoisotopic (exact) mass is 232 g/mol. The van der Waals surface area contributed by atoms with E-state index < -0.39 is 5.97 Å². The molecule has 0 aliphatic rings. The fourth-order valence-corrected chi connectivity index (χ4v) is 1.11. The van der Waals surface area contributed by atoms with Crippen molar-refractivity contribution in [1.82, 2.24) is 10.2 Å². The molecule has 0 bridgehead atoms. The molecule has 0 aliphatic carbocycles. The molecule has 2 N–H and O–H groups in total. The van der Waals surface area contributed by atoms with Gasteiger partial charge in [0.2, 0.25) is 0 Å². The Labute approximate surface area is 95.6 Å². The lowest BCUT2D eigenvalue weighted by Gasteiger charge is -2.20. The third-order valence-corrected chi connectivity index (χ3v) is 1.99. The van der Waals surface area contributed by atoms with Gasteiger partial charge in [0.25, 0.3) is 0 Å². The molecule has 0 aromatic carbocycles. The van der Waals surface area contributed by atoms with Crippen LogP contribution in [0.3, 0.4) is 0 Å². The number of amides is 2. The van der Waals surface area contributed by atoms with Crippen LogP contribution in [0.5, 0.6) is 0 Å². The molecule has 6 heteroatoms. The zero-order chi connectivity index (χ0) is 12.4. The molecule has 0 aliphatic heterocycles. The summed E-state index contributed by atoms with van der Waals surface area (Å²) in [5.41, 5.74) is 0. The van der Waals surface area contributed by atoms with E-state index in [0.717, 1.165) is 0 Å². The summed E-state index contributed by atoms with van der Waals surface area (Å²) in [4.78, 5) is 23.3. The van der Waals surface area contributed by atoms with E-state index in [1.54, 1.807) is 4.90 Å². The molecule has 94 valence electrons. The predicted molar refractivity (Wildman–Crippen MR) is 59.4 cm³/mol. The second kappa shape index (κ2) is 8.96. The second-order valence-corrected chi connectivity index (χ2v) is 3.15. The Morgan fingerprint density at radius 1 is 1.38 bits per heavy atom. The number of ether oxygens (including phenoxy) is 1. The molecule has 0 saturated heterocycles. The van der Waals surface area contributed by atoms with Crippen LogP contribution in [0.15, 0.2) is 0 Å². The molecular weight excluding hydrogens is 212 g/mol. The summed E-state index contributed by atoms with van der Waals surface area (Å²) < 4.78 is 5.14. The summed E-state index contributed by atoms with van der Waals surface area (Å²) in [6.45, 7) is 6.12. The van der Waals surface area contributed by atoms with Crippen LogP contribution < -0.4 is 5.32 Å². The highest BCUT2D eigenvalue weighted by atomic mass is 16.5. The third-order valence-electron chi connectivity index (χ3n) is 1.99. The second-order valence-electron chi connectivity index (χ2n) is 3.15. The van der Waals surface area contributed by atoms with Gasteiger partial charge in [-0.1, -0.05) is 0 Å². The highest BCUT2D eigenvalue weighted by Gasteiger charge is 2.10. The molecule has 0 aromatic rings. The van der Waals surface area contributed by atoms with Crippen LogP contribution in [0.25, 0.3) is 0 Å². The normalized spacial score (nSPS) is 9.88. The van der Waals surface area contributed by atoms with Crippen molar-refractivity contribution < 1.29 is 19.4 Å². The van der Waals surface area contributed by atoms with Gasteiger partial charge in [-0.15, -0.1) is 0 Å². The van der Waals surface area contributed by atoms with Crippen molar-refractivity contribution in [1.29, 1.82) is 0 Å². The maximum atomic E-state index is 11.5. The number of urea groups is 1. The van der Waals surface area contributed by atoms with Crippen LogP contribution in [-0.2, 0) is 9.53 Å². The van der Waals surface area contributed by atoms with E-state index in [9.17, 15) is 9.59 Å². The summed E-state index contributed by atoms with van der Waals surface area (Å²) in [6.07, 6.45) is -0.0608. The zero-order valence-corrected chi connectivity index (χ0v) is 9.86. The molecule has 6 nitrogen and oxygen atoms in total. The van der Waals surface area contributed by atoms with Crippen molar-refractivity contribution in [3.8, 4) is 0 Å². The zero-order valence-electron chi connectivity index (χ0n) is 9.86. The molecule has 0 aromatic heterocycles. The maximum Gasteiger partial charge on any atom is 0.317 e. The Morgan fingerprint density at radius 3 is 2.56 bits per heavy atom. The van der Waals surface area contributed by atoms with Crippen molar-refractivity contribution in [3.05, 3.63) is 0 Å². The summed E-state index contributed by atoms with van der Waals surface area (Å²) in [5, 5.41) is 11.0. The molecular formula is C10H20N2O4. The van der Waals surface area contributed by atoms with Crippen molar-refractivity contribution >= 4 is 12.0 Å². The van der Waals surface area contributed by atoms with E-state index in [0.29, 0.717) is 26.3 Å². The van der Waals surface area contributed by atoms with Crippen molar-refractivity contribution in [2.45, 2.75) is 20.3 Å². The average Bonchev–Trinajstić information content (AvgIpc) is 2.23. The quantitative estimate of drug-likeness (QED) is 0.598. The van der Waals surface area contributed by atoms with E-state index in [2.05, 4.69) is 5.32 Å². The first-order valence-corrected chi connectivity index (χ1v) is 5.44. The van der Waals surface area contributed by atoms with Crippen LogP contribution in [0.1, 0.15) is 20.3 Å². The van der Waals surface area contributed by atoms with E-state index >= 15 is 0 Å². The summed E-state index contributed by atoms with van der Waals surface area (Å²) >= 11 is 0. The number of hydrogen-bond acceptors (Lipinski definition) is 3.